The average Bonchev–Trinajstić information content (AvgIpc) is 3.39. The van der Waals surface area contributed by atoms with Crippen molar-refractivity contribution in [1.29, 1.82) is 0 Å². The third-order valence-corrected chi connectivity index (χ3v) is 11.2. The van der Waals surface area contributed by atoms with Gasteiger partial charge >= 0.3 is 12.3 Å². The van der Waals surface area contributed by atoms with Crippen LogP contribution in [0, 0.1) is 23.6 Å². The van der Waals surface area contributed by atoms with Crippen molar-refractivity contribution in [3.05, 3.63) is 95.3 Å². The molecule has 16 heteroatoms. The molecule has 50 heavy (non-hydrogen) atoms. The maximum absolute atomic E-state index is 14.4. The normalized spacial score (nSPS) is 29.0. The summed E-state index contributed by atoms with van der Waals surface area (Å²) in [5.41, 5.74) is -0.583. The Kier molecular flexibility index (Phi) is 7.57. The molecule has 10 nitrogen and oxygen atoms in total. The van der Waals surface area contributed by atoms with E-state index < -0.39 is 93.1 Å². The summed E-state index contributed by atoms with van der Waals surface area (Å²) in [6.07, 6.45) is -4.30. The first-order valence-electron chi connectivity index (χ1n) is 15.0. The number of aromatic hydroxyl groups is 1. The molecule has 3 aromatic rings. The van der Waals surface area contributed by atoms with Crippen molar-refractivity contribution in [3.8, 4) is 11.5 Å². The van der Waals surface area contributed by atoms with Gasteiger partial charge in [0.2, 0.25) is 11.8 Å². The Morgan fingerprint density at radius 2 is 1.58 bits per heavy atom. The second-order valence-electron chi connectivity index (χ2n) is 12.4. The monoisotopic (exact) mass is 732 g/mol. The third kappa shape index (κ3) is 4.79. The molecule has 0 bridgehead atoms. The Morgan fingerprint density at radius 1 is 0.880 bits per heavy atom. The summed E-state index contributed by atoms with van der Waals surface area (Å²) >= 11 is 14.4. The number of carboxylic acid groups (broad SMARTS) is 1. The van der Waals surface area contributed by atoms with Crippen LogP contribution >= 0.6 is 23.2 Å². The number of carbonyl (C=O) groups excluding carboxylic acids is 4. The second kappa shape index (κ2) is 11.3. The molecular weight excluding hydrogens is 711 g/mol. The molecule has 0 radical (unpaired) electrons. The summed E-state index contributed by atoms with van der Waals surface area (Å²) < 4.78 is 57.8. The smallest absolute Gasteiger partial charge is 0.508 e. The lowest BCUT2D eigenvalue weighted by Crippen LogP contribution is -2.60. The van der Waals surface area contributed by atoms with Crippen molar-refractivity contribution in [2.45, 2.75) is 34.9 Å². The zero-order valence-electron chi connectivity index (χ0n) is 25.2. The van der Waals surface area contributed by atoms with Gasteiger partial charge in [-0.2, -0.15) is 0 Å². The first-order chi connectivity index (χ1) is 23.5. The van der Waals surface area contributed by atoms with Gasteiger partial charge in [-0.15, -0.1) is 36.4 Å². The molecule has 3 fully saturated rings. The zero-order chi connectivity index (χ0) is 36.1. The van der Waals surface area contributed by atoms with Crippen LogP contribution in [0.1, 0.15) is 34.7 Å². The minimum Gasteiger partial charge on any atom is -0.508 e. The number of rotatable bonds is 5. The maximum Gasteiger partial charge on any atom is 0.573 e. The van der Waals surface area contributed by atoms with Gasteiger partial charge in [-0.05, 0) is 79.4 Å². The maximum atomic E-state index is 14.4. The molecule has 4 amide bonds. The number of hydrogen-bond acceptors (Lipinski definition) is 7. The van der Waals surface area contributed by atoms with E-state index in [1.54, 1.807) is 0 Å². The molecule has 6 unspecified atom stereocenters. The molecule has 2 saturated heterocycles. The number of halogens is 6. The Labute approximate surface area is 289 Å². The van der Waals surface area contributed by atoms with Gasteiger partial charge in [0.25, 0.3) is 11.8 Å². The third-order valence-electron chi connectivity index (χ3n) is 9.79. The first-order valence-corrected chi connectivity index (χ1v) is 15.8. The highest BCUT2D eigenvalue weighted by Gasteiger charge is 2.77. The van der Waals surface area contributed by atoms with Gasteiger partial charge in [-0.1, -0.05) is 17.7 Å². The van der Waals surface area contributed by atoms with Gasteiger partial charge in [0.05, 0.1) is 28.8 Å². The van der Waals surface area contributed by atoms with E-state index in [1.165, 1.54) is 24.3 Å². The van der Waals surface area contributed by atoms with Crippen LogP contribution in [-0.4, -0.2) is 55.9 Å². The summed E-state index contributed by atoms with van der Waals surface area (Å²) in [4.78, 5) is 64.8. The lowest BCUT2D eigenvalue weighted by molar-refractivity contribution is -0.274. The van der Waals surface area contributed by atoms with Crippen molar-refractivity contribution in [3.63, 3.8) is 0 Å². The van der Waals surface area contributed by atoms with Crippen molar-refractivity contribution >= 4 is 64.2 Å². The summed E-state index contributed by atoms with van der Waals surface area (Å²) in [7, 11) is 0. The van der Waals surface area contributed by atoms with Gasteiger partial charge in [-0.25, -0.2) is 14.1 Å². The highest BCUT2D eigenvalue weighted by Crippen LogP contribution is 2.66. The molecule has 258 valence electrons. The number of hydrogen-bond donors (Lipinski definition) is 2. The average molecular weight is 733 g/mol. The fraction of sp³-hybridized carbons (Fsp3) is 0.265. The number of phenolic OH excluding ortho intramolecular Hbond substituents is 1. The number of carboxylic acids is 1. The highest BCUT2D eigenvalue weighted by molar-refractivity contribution is 6.58. The van der Waals surface area contributed by atoms with E-state index in [2.05, 4.69) is 4.74 Å². The number of fused-ring (bicyclic) bond motifs is 4. The topological polar surface area (TPSA) is 142 Å². The largest absolute Gasteiger partial charge is 0.573 e. The zero-order valence-corrected chi connectivity index (χ0v) is 26.7. The number of carbonyl (C=O) groups is 5. The van der Waals surface area contributed by atoms with E-state index in [0.717, 1.165) is 53.4 Å². The number of allylic oxidation sites excluding steroid dienone is 2. The minimum absolute atomic E-state index is 0.0280. The molecule has 2 aliphatic heterocycles. The predicted octanol–water partition coefficient (Wildman–Crippen LogP) is 5.90. The number of benzene rings is 3. The summed E-state index contributed by atoms with van der Waals surface area (Å²) in [6.45, 7) is 0. The number of aromatic carboxylic acids is 1. The van der Waals surface area contributed by atoms with E-state index in [-0.39, 0.29) is 34.5 Å². The molecule has 2 N–H and O–H groups in total. The van der Waals surface area contributed by atoms with E-state index >= 15 is 0 Å². The van der Waals surface area contributed by atoms with Crippen molar-refractivity contribution in [2.75, 3.05) is 9.80 Å². The number of alkyl halides is 5. The fourth-order valence-corrected chi connectivity index (χ4v) is 8.66. The number of nitrogens with zero attached hydrogens (tertiary/aromatic N) is 2. The molecule has 1 saturated carbocycles. The van der Waals surface area contributed by atoms with Crippen LogP contribution < -0.4 is 14.5 Å². The molecule has 2 heterocycles. The molecule has 4 aliphatic rings. The van der Waals surface area contributed by atoms with Crippen molar-refractivity contribution in [2.24, 2.45) is 17.8 Å². The number of anilines is 2. The standard InChI is InChI=1S/C34H22Cl2F4N2O8/c35-32-14-23-20(9-10-21-25(23)28(45)41(27(21)44)18-3-1-2-15(12-18)29(46)47)26(22-13-19(8-11-24(22)43)50-34(38,39)40)33(32,36)31(49)42(30(32)48)17-6-4-16(37)5-7-17/h1-9,11-13,21,23,25-26,43H,10,14H2,(H,46,47). The van der Waals surface area contributed by atoms with Crippen molar-refractivity contribution in [1.82, 2.24) is 0 Å². The molecular formula is C34H22Cl2F4N2O8. The Morgan fingerprint density at radius 3 is 2.24 bits per heavy atom. The Balaban J connectivity index is 1.41. The van der Waals surface area contributed by atoms with Gasteiger partial charge in [0, 0.05) is 11.5 Å². The van der Waals surface area contributed by atoms with Gasteiger partial charge in [0.15, 0.2) is 9.75 Å². The van der Waals surface area contributed by atoms with Crippen LogP contribution in [0.15, 0.2) is 78.4 Å². The van der Waals surface area contributed by atoms with Crippen LogP contribution in [0.2, 0.25) is 0 Å². The second-order valence-corrected chi connectivity index (χ2v) is 13.6. The minimum atomic E-state index is -5.16. The van der Waals surface area contributed by atoms with Crippen LogP contribution in [0.4, 0.5) is 28.9 Å². The molecule has 3 aromatic carbocycles. The van der Waals surface area contributed by atoms with E-state index in [9.17, 15) is 51.7 Å². The first kappa shape index (κ1) is 33.5. The molecule has 0 spiro atoms. The Hall–Kier alpha value is -4.95. The van der Waals surface area contributed by atoms with E-state index in [1.807, 2.05) is 0 Å². The lowest BCUT2D eigenvalue weighted by Gasteiger charge is -2.50. The van der Waals surface area contributed by atoms with Crippen molar-refractivity contribution < 1.29 is 56.5 Å². The van der Waals surface area contributed by atoms with Crippen LogP contribution in [0.3, 0.4) is 0 Å². The van der Waals surface area contributed by atoms with Gasteiger partial charge < -0.3 is 14.9 Å². The van der Waals surface area contributed by atoms with Gasteiger partial charge in [0.1, 0.15) is 17.3 Å². The highest BCUT2D eigenvalue weighted by atomic mass is 35.5. The lowest BCUT2D eigenvalue weighted by atomic mass is 9.56. The van der Waals surface area contributed by atoms with Crippen LogP contribution in [-0.2, 0) is 19.2 Å². The quantitative estimate of drug-likeness (QED) is 0.143. The summed E-state index contributed by atoms with van der Waals surface area (Å²) in [5, 5.41) is 20.6. The molecule has 0 aromatic heterocycles. The fourth-order valence-electron chi connectivity index (χ4n) is 7.74. The molecule has 6 atom stereocenters. The SMILES string of the molecule is O=C(O)c1cccc(N2C(=O)C3CC=C4C(CC5(Cl)C(=O)N(c6ccc(F)cc6)C(=O)C5(Cl)C4c4cc(OC(F)(F)F)ccc4O)C3C2=O)c1. The summed E-state index contributed by atoms with van der Waals surface area (Å²) in [5.74, 6) is -12.2. The van der Waals surface area contributed by atoms with E-state index in [4.69, 9.17) is 23.2 Å². The molecule has 2 aliphatic carbocycles. The molecule has 7 rings (SSSR count). The number of imide groups is 2. The number of ether oxygens (including phenoxy) is 1. The Bertz CT molecular complexity index is 2060. The predicted molar refractivity (Wildman–Crippen MR) is 167 cm³/mol. The number of phenols is 1. The summed E-state index contributed by atoms with van der Waals surface area (Å²) in [6, 6.07) is 11.8. The number of amides is 4. The van der Waals surface area contributed by atoms with E-state index in [0.29, 0.717) is 4.90 Å². The van der Waals surface area contributed by atoms with Crippen LogP contribution in [0.5, 0.6) is 11.5 Å². The van der Waals surface area contributed by atoms with Crippen LogP contribution in [0.25, 0.3) is 0 Å². The van der Waals surface area contributed by atoms with Gasteiger partial charge in [-0.3, -0.25) is 24.1 Å².